The summed E-state index contributed by atoms with van der Waals surface area (Å²) in [7, 11) is -1.76. The molecule has 7 nitrogen and oxygen atoms in total. The Morgan fingerprint density at radius 1 is 1.27 bits per heavy atom. The van der Waals surface area contributed by atoms with Crippen molar-refractivity contribution in [3.63, 3.8) is 0 Å². The Balaban J connectivity index is 1.55. The van der Waals surface area contributed by atoms with Crippen LogP contribution in [0.25, 0.3) is 11.3 Å². The summed E-state index contributed by atoms with van der Waals surface area (Å²) in [6.45, 7) is 1.86. The Hall–Kier alpha value is -2.91. The molecule has 2 aromatic carbocycles. The Morgan fingerprint density at radius 2 is 2.03 bits per heavy atom. The van der Waals surface area contributed by atoms with E-state index in [4.69, 9.17) is 4.74 Å². The number of nitrogens with one attached hydrogen (secondary N) is 1. The fourth-order valence-corrected chi connectivity index (χ4v) is 5.70. The SMILES string of the molecule is COc1ccccc1-c1csc(NC(=O)c2ccc3c(c2)CC(C)N3S(C)(=O)=O)n1. The molecular weight excluding hydrogens is 422 g/mol. The number of carbonyl (C=O) groups excluding carboxylic acids is 1. The van der Waals surface area contributed by atoms with Crippen molar-refractivity contribution in [1.29, 1.82) is 0 Å². The predicted molar refractivity (Wildman–Crippen MR) is 119 cm³/mol. The lowest BCUT2D eigenvalue weighted by Crippen LogP contribution is -2.34. The summed E-state index contributed by atoms with van der Waals surface area (Å²) in [5.41, 5.74) is 3.51. The molecule has 0 saturated carbocycles. The number of aromatic nitrogens is 1. The predicted octanol–water partition coefficient (Wildman–Crippen LogP) is 3.78. The summed E-state index contributed by atoms with van der Waals surface area (Å²) in [4.78, 5) is 17.2. The van der Waals surface area contributed by atoms with Crippen LogP contribution in [0.15, 0.2) is 47.8 Å². The van der Waals surface area contributed by atoms with Crippen LogP contribution in [0.3, 0.4) is 0 Å². The molecule has 9 heteroatoms. The third kappa shape index (κ3) is 3.78. The first-order valence-corrected chi connectivity index (χ1v) is 12.0. The number of methoxy groups -OCH3 is 1. The molecule has 0 spiro atoms. The summed E-state index contributed by atoms with van der Waals surface area (Å²) in [5, 5.41) is 5.17. The Morgan fingerprint density at radius 3 is 2.77 bits per heavy atom. The van der Waals surface area contributed by atoms with E-state index < -0.39 is 10.0 Å². The van der Waals surface area contributed by atoms with E-state index in [0.29, 0.717) is 28.6 Å². The highest BCUT2D eigenvalue weighted by Crippen LogP contribution is 2.35. The van der Waals surface area contributed by atoms with Crippen LogP contribution in [-0.4, -0.2) is 38.7 Å². The number of thiazole rings is 1. The van der Waals surface area contributed by atoms with E-state index in [1.54, 1.807) is 25.3 Å². The summed E-state index contributed by atoms with van der Waals surface area (Å²) in [6, 6.07) is 12.5. The second kappa shape index (κ2) is 7.73. The lowest BCUT2D eigenvalue weighted by molar-refractivity contribution is 0.102. The van der Waals surface area contributed by atoms with Gasteiger partial charge in [0.25, 0.3) is 5.91 Å². The van der Waals surface area contributed by atoms with Crippen LogP contribution in [-0.2, 0) is 16.4 Å². The van der Waals surface area contributed by atoms with Gasteiger partial charge in [0.15, 0.2) is 5.13 Å². The smallest absolute Gasteiger partial charge is 0.257 e. The van der Waals surface area contributed by atoms with Crippen molar-refractivity contribution in [2.75, 3.05) is 23.0 Å². The Bertz CT molecular complexity index is 1220. The standard InChI is InChI=1S/C21H21N3O4S2/c1-13-10-15-11-14(8-9-18(15)24(13)30(3,26)27)20(25)23-21-22-17(12-29-21)16-6-4-5-7-19(16)28-2/h4-9,11-13H,10H2,1-3H3,(H,22,23,25). The van der Waals surface area contributed by atoms with Crippen molar-refractivity contribution >= 4 is 38.1 Å². The normalized spacial score (nSPS) is 15.7. The quantitative estimate of drug-likeness (QED) is 0.648. The van der Waals surface area contributed by atoms with Crippen molar-refractivity contribution < 1.29 is 17.9 Å². The van der Waals surface area contributed by atoms with Crippen molar-refractivity contribution in [3.8, 4) is 17.0 Å². The Kier molecular flexibility index (Phi) is 5.25. The van der Waals surface area contributed by atoms with Crippen LogP contribution in [0.2, 0.25) is 0 Å². The van der Waals surface area contributed by atoms with Gasteiger partial charge in [-0.05, 0) is 49.2 Å². The molecule has 1 aliphatic heterocycles. The summed E-state index contributed by atoms with van der Waals surface area (Å²) < 4.78 is 30.9. The van der Waals surface area contributed by atoms with Gasteiger partial charge < -0.3 is 4.74 Å². The molecule has 1 atom stereocenters. The van der Waals surface area contributed by atoms with Crippen molar-refractivity contribution in [1.82, 2.24) is 4.98 Å². The second-order valence-electron chi connectivity index (χ2n) is 7.15. The van der Waals surface area contributed by atoms with Gasteiger partial charge in [0.2, 0.25) is 10.0 Å². The monoisotopic (exact) mass is 443 g/mol. The molecule has 0 saturated heterocycles. The van der Waals surface area contributed by atoms with Crippen LogP contribution in [0.1, 0.15) is 22.8 Å². The lowest BCUT2D eigenvalue weighted by atomic mass is 10.1. The number of rotatable bonds is 5. The van der Waals surface area contributed by atoms with Gasteiger partial charge >= 0.3 is 0 Å². The average Bonchev–Trinajstić information content (AvgIpc) is 3.30. The zero-order chi connectivity index (χ0) is 21.5. The average molecular weight is 444 g/mol. The third-order valence-electron chi connectivity index (χ3n) is 4.96. The van der Waals surface area contributed by atoms with Gasteiger partial charge in [-0.3, -0.25) is 14.4 Å². The highest BCUT2D eigenvalue weighted by atomic mass is 32.2. The van der Waals surface area contributed by atoms with Gasteiger partial charge in [-0.25, -0.2) is 13.4 Å². The molecule has 0 fully saturated rings. The first kappa shape index (κ1) is 20.4. The van der Waals surface area contributed by atoms with Crippen LogP contribution in [0, 0.1) is 0 Å². The van der Waals surface area contributed by atoms with Gasteiger partial charge in [0.1, 0.15) is 5.75 Å². The molecule has 4 rings (SSSR count). The lowest BCUT2D eigenvalue weighted by Gasteiger charge is -2.21. The van der Waals surface area contributed by atoms with Gasteiger partial charge in [-0.15, -0.1) is 11.3 Å². The topological polar surface area (TPSA) is 88.6 Å². The highest BCUT2D eigenvalue weighted by Gasteiger charge is 2.32. The zero-order valence-corrected chi connectivity index (χ0v) is 18.4. The number of sulfonamides is 1. The number of benzene rings is 2. The van der Waals surface area contributed by atoms with E-state index in [2.05, 4.69) is 10.3 Å². The van der Waals surface area contributed by atoms with Gasteiger partial charge in [0.05, 0.1) is 24.7 Å². The van der Waals surface area contributed by atoms with E-state index >= 15 is 0 Å². The minimum atomic E-state index is -3.36. The van der Waals surface area contributed by atoms with Crippen LogP contribution >= 0.6 is 11.3 Å². The molecule has 1 unspecified atom stereocenters. The summed E-state index contributed by atoms with van der Waals surface area (Å²) in [6.07, 6.45) is 1.76. The zero-order valence-electron chi connectivity index (χ0n) is 16.7. The highest BCUT2D eigenvalue weighted by molar-refractivity contribution is 7.92. The molecule has 156 valence electrons. The molecule has 1 amide bonds. The molecule has 1 aliphatic rings. The second-order valence-corrected chi connectivity index (χ2v) is 9.87. The number of amides is 1. The van der Waals surface area contributed by atoms with E-state index in [9.17, 15) is 13.2 Å². The number of nitrogens with zero attached hydrogens (tertiary/aromatic N) is 2. The van der Waals surface area contributed by atoms with Crippen molar-refractivity contribution in [2.45, 2.75) is 19.4 Å². The molecule has 30 heavy (non-hydrogen) atoms. The van der Waals surface area contributed by atoms with Gasteiger partial charge in [0, 0.05) is 22.5 Å². The van der Waals surface area contributed by atoms with Gasteiger partial charge in [-0.1, -0.05) is 12.1 Å². The first-order valence-electron chi connectivity index (χ1n) is 9.30. The number of para-hydroxylation sites is 1. The number of fused-ring (bicyclic) bond motifs is 1. The van der Waals surface area contributed by atoms with Crippen LogP contribution in [0.4, 0.5) is 10.8 Å². The minimum Gasteiger partial charge on any atom is -0.496 e. The van der Waals surface area contributed by atoms with Crippen molar-refractivity contribution in [3.05, 3.63) is 59.0 Å². The Labute approximate surface area is 179 Å². The fraction of sp³-hybridized carbons (Fsp3) is 0.238. The fourth-order valence-electron chi connectivity index (χ4n) is 3.73. The number of hydrogen-bond donors (Lipinski definition) is 1. The molecular formula is C21H21N3O4S2. The maximum absolute atomic E-state index is 12.7. The molecule has 1 aromatic heterocycles. The molecule has 0 radical (unpaired) electrons. The molecule has 3 aromatic rings. The minimum absolute atomic E-state index is 0.171. The first-order chi connectivity index (χ1) is 14.3. The third-order valence-corrected chi connectivity index (χ3v) is 6.99. The largest absolute Gasteiger partial charge is 0.496 e. The number of carbonyl (C=O) groups is 1. The van der Waals surface area contributed by atoms with Crippen LogP contribution < -0.4 is 14.4 Å². The molecule has 0 aliphatic carbocycles. The van der Waals surface area contributed by atoms with E-state index in [0.717, 1.165) is 16.8 Å². The maximum atomic E-state index is 12.7. The van der Waals surface area contributed by atoms with Crippen LogP contribution in [0.5, 0.6) is 5.75 Å². The van der Waals surface area contributed by atoms with E-state index in [1.807, 2.05) is 36.6 Å². The number of ether oxygens (including phenoxy) is 1. The summed E-state index contributed by atoms with van der Waals surface area (Å²) in [5.74, 6) is 0.424. The summed E-state index contributed by atoms with van der Waals surface area (Å²) >= 11 is 1.33. The van der Waals surface area contributed by atoms with E-state index in [1.165, 1.54) is 21.9 Å². The molecule has 1 N–H and O–H groups in total. The molecule has 2 heterocycles. The number of anilines is 2. The van der Waals surface area contributed by atoms with Gasteiger partial charge in [-0.2, -0.15) is 0 Å². The van der Waals surface area contributed by atoms with Crippen molar-refractivity contribution in [2.24, 2.45) is 0 Å². The van der Waals surface area contributed by atoms with E-state index in [-0.39, 0.29) is 11.9 Å². The molecule has 0 bridgehead atoms. The number of hydrogen-bond acceptors (Lipinski definition) is 6. The maximum Gasteiger partial charge on any atom is 0.257 e.